The zero-order chi connectivity index (χ0) is 27.6. The number of aromatic nitrogens is 1. The summed E-state index contributed by atoms with van der Waals surface area (Å²) in [6, 6.07) is 9.31. The Morgan fingerprint density at radius 1 is 1.13 bits per heavy atom. The number of thioether (sulfide) groups is 1. The van der Waals surface area contributed by atoms with Gasteiger partial charge in [-0.05, 0) is 61.6 Å². The van der Waals surface area contributed by atoms with E-state index in [1.54, 1.807) is 49.0 Å². The second-order valence-corrected chi connectivity index (χ2v) is 13.0. The third-order valence-corrected chi connectivity index (χ3v) is 9.51. The number of rotatable bonds is 9. The summed E-state index contributed by atoms with van der Waals surface area (Å²) in [5.74, 6) is 0.885. The molecule has 11 heteroatoms. The van der Waals surface area contributed by atoms with Gasteiger partial charge >= 0.3 is 0 Å². The van der Waals surface area contributed by atoms with E-state index in [-0.39, 0.29) is 32.5 Å². The maximum atomic E-state index is 13.3. The molecular weight excluding hydrogens is 565 g/mol. The molecule has 0 saturated carbocycles. The molecule has 200 valence electrons. The molecule has 0 atom stereocenters. The van der Waals surface area contributed by atoms with Crippen molar-refractivity contribution >= 4 is 74.0 Å². The van der Waals surface area contributed by atoms with Gasteiger partial charge in [-0.25, -0.2) is 8.42 Å². The van der Waals surface area contributed by atoms with Gasteiger partial charge in [-0.2, -0.15) is 11.8 Å². The molecule has 4 rings (SSSR count). The minimum Gasteiger partial charge on any atom is -0.358 e. The molecule has 38 heavy (non-hydrogen) atoms. The van der Waals surface area contributed by atoms with Crippen molar-refractivity contribution in [3.63, 3.8) is 0 Å². The molecule has 3 N–H and O–H groups in total. The quantitative estimate of drug-likeness (QED) is 0.212. The van der Waals surface area contributed by atoms with Crippen molar-refractivity contribution in [3.05, 3.63) is 80.1 Å². The van der Waals surface area contributed by atoms with Crippen LogP contribution in [0.5, 0.6) is 0 Å². The molecule has 0 unspecified atom stereocenters. The second kappa shape index (κ2) is 11.6. The number of aromatic amines is 1. The number of anilines is 1. The molecule has 0 spiro atoms. The Balaban J connectivity index is 1.66. The number of benzene rings is 2. The van der Waals surface area contributed by atoms with E-state index in [1.165, 1.54) is 12.1 Å². The van der Waals surface area contributed by atoms with Crippen molar-refractivity contribution in [2.75, 3.05) is 23.4 Å². The Labute approximate surface area is 236 Å². The first kappa shape index (κ1) is 28.3. The third-order valence-electron chi connectivity index (χ3n) is 6.26. The number of hydrogen-bond acceptors (Lipinski definition) is 5. The van der Waals surface area contributed by atoms with Gasteiger partial charge in [0.05, 0.1) is 21.8 Å². The maximum Gasteiger partial charge on any atom is 0.256 e. The molecular formula is C27H27Cl2N3O4S2. The summed E-state index contributed by atoms with van der Waals surface area (Å²) in [7, 11) is -3.83. The van der Waals surface area contributed by atoms with Gasteiger partial charge in [0.1, 0.15) is 0 Å². The van der Waals surface area contributed by atoms with Gasteiger partial charge in [0.25, 0.3) is 11.8 Å². The van der Waals surface area contributed by atoms with Crippen LogP contribution in [-0.2, 0) is 20.4 Å². The number of carbonyl (C=O) groups is 2. The van der Waals surface area contributed by atoms with Gasteiger partial charge < -0.3 is 15.6 Å². The van der Waals surface area contributed by atoms with Gasteiger partial charge in [0.15, 0.2) is 9.84 Å². The van der Waals surface area contributed by atoms with Crippen molar-refractivity contribution in [2.45, 2.75) is 31.4 Å². The van der Waals surface area contributed by atoms with E-state index >= 15 is 0 Å². The third kappa shape index (κ3) is 5.81. The number of amides is 2. The van der Waals surface area contributed by atoms with Crippen LogP contribution in [0, 0.1) is 13.8 Å². The Morgan fingerprint density at radius 2 is 1.84 bits per heavy atom. The standard InChI is InChI=1S/C27H27Cl2N3O4S2/c1-4-37-11-10-30-27(34)25-15(2)24(31-16(25)3)13-19-18-12-17(8-9-23(18)32-26(19)33)38(35,36)14-20-21(28)6-5-7-22(20)29/h5-9,12-13,31H,4,10-11,14H2,1-3H3,(H,30,34)(H,32,33)/b19-13-. The van der Waals surface area contributed by atoms with E-state index in [4.69, 9.17) is 23.2 Å². The molecule has 0 radical (unpaired) electrons. The van der Waals surface area contributed by atoms with Crippen molar-refractivity contribution in [1.82, 2.24) is 10.3 Å². The van der Waals surface area contributed by atoms with Crippen molar-refractivity contribution in [3.8, 4) is 0 Å². The number of hydrogen-bond donors (Lipinski definition) is 3. The molecule has 2 heterocycles. The van der Waals surface area contributed by atoms with Gasteiger partial charge in [0.2, 0.25) is 0 Å². The van der Waals surface area contributed by atoms with Crippen LogP contribution in [0.1, 0.15) is 45.4 Å². The van der Waals surface area contributed by atoms with E-state index in [0.717, 1.165) is 11.5 Å². The topological polar surface area (TPSA) is 108 Å². The van der Waals surface area contributed by atoms with Gasteiger partial charge in [-0.3, -0.25) is 9.59 Å². The second-order valence-electron chi connectivity index (χ2n) is 8.80. The molecule has 7 nitrogen and oxygen atoms in total. The molecule has 1 aliphatic rings. The highest BCUT2D eigenvalue weighted by molar-refractivity contribution is 7.99. The van der Waals surface area contributed by atoms with Crippen LogP contribution in [0.3, 0.4) is 0 Å². The van der Waals surface area contributed by atoms with Crippen molar-refractivity contribution in [1.29, 1.82) is 0 Å². The summed E-state index contributed by atoms with van der Waals surface area (Å²) in [6.07, 6.45) is 1.65. The number of halogens is 2. The lowest BCUT2D eigenvalue weighted by molar-refractivity contribution is -0.110. The SMILES string of the molecule is CCSCCNC(=O)c1c(C)[nH]c(/C=C2\C(=O)Nc3ccc(S(=O)(=O)Cc4c(Cl)cccc4Cl)cc32)c1C. The fourth-order valence-electron chi connectivity index (χ4n) is 4.32. The van der Waals surface area contributed by atoms with E-state index in [1.807, 2.05) is 6.92 Å². The van der Waals surface area contributed by atoms with Crippen molar-refractivity contribution < 1.29 is 18.0 Å². The number of nitrogens with one attached hydrogen (secondary N) is 3. The minimum atomic E-state index is -3.83. The largest absolute Gasteiger partial charge is 0.358 e. The number of H-pyrrole nitrogens is 1. The Morgan fingerprint density at radius 3 is 2.53 bits per heavy atom. The molecule has 2 amide bonds. The number of fused-ring (bicyclic) bond motifs is 1. The summed E-state index contributed by atoms with van der Waals surface area (Å²) in [5.41, 5.74) is 4.09. The summed E-state index contributed by atoms with van der Waals surface area (Å²) < 4.78 is 26.5. The van der Waals surface area contributed by atoms with E-state index in [0.29, 0.717) is 51.4 Å². The lowest BCUT2D eigenvalue weighted by atomic mass is 10.0. The first-order valence-corrected chi connectivity index (χ1v) is 15.5. The van der Waals surface area contributed by atoms with Crippen LogP contribution < -0.4 is 10.6 Å². The van der Waals surface area contributed by atoms with Crippen LogP contribution in [0.4, 0.5) is 5.69 Å². The average molecular weight is 593 g/mol. The molecule has 3 aromatic rings. The Kier molecular flexibility index (Phi) is 8.62. The van der Waals surface area contributed by atoms with Gasteiger partial charge in [-0.1, -0.05) is 36.2 Å². The highest BCUT2D eigenvalue weighted by Crippen LogP contribution is 2.37. The molecule has 1 aromatic heterocycles. The molecule has 0 saturated heterocycles. The number of carbonyl (C=O) groups excluding carboxylic acids is 2. The van der Waals surface area contributed by atoms with Gasteiger partial charge in [-0.15, -0.1) is 0 Å². The van der Waals surface area contributed by atoms with Crippen LogP contribution in [0.15, 0.2) is 41.3 Å². The normalized spacial score (nSPS) is 14.0. The van der Waals surface area contributed by atoms with E-state index < -0.39 is 9.84 Å². The zero-order valence-corrected chi connectivity index (χ0v) is 24.2. The average Bonchev–Trinajstić information content (AvgIpc) is 3.33. The highest BCUT2D eigenvalue weighted by Gasteiger charge is 2.28. The molecule has 0 bridgehead atoms. The molecule has 0 aliphatic carbocycles. The molecule has 0 fully saturated rings. The molecule has 1 aliphatic heterocycles. The van der Waals surface area contributed by atoms with Crippen LogP contribution in [0.2, 0.25) is 10.0 Å². The predicted octanol–water partition coefficient (Wildman–Crippen LogP) is 5.89. The highest BCUT2D eigenvalue weighted by atomic mass is 35.5. The first-order chi connectivity index (χ1) is 18.0. The monoisotopic (exact) mass is 591 g/mol. The lowest BCUT2D eigenvalue weighted by Crippen LogP contribution is -2.26. The maximum absolute atomic E-state index is 13.3. The first-order valence-electron chi connectivity index (χ1n) is 11.9. The summed E-state index contributed by atoms with van der Waals surface area (Å²) in [4.78, 5) is 28.9. The zero-order valence-electron chi connectivity index (χ0n) is 21.1. The smallest absolute Gasteiger partial charge is 0.256 e. The van der Waals surface area contributed by atoms with E-state index in [2.05, 4.69) is 22.5 Å². The van der Waals surface area contributed by atoms with Crippen molar-refractivity contribution in [2.24, 2.45) is 0 Å². The van der Waals surface area contributed by atoms with Gasteiger partial charge in [0, 0.05) is 50.5 Å². The summed E-state index contributed by atoms with van der Waals surface area (Å²) in [5, 5.41) is 6.24. The summed E-state index contributed by atoms with van der Waals surface area (Å²) in [6.45, 7) is 6.24. The van der Waals surface area contributed by atoms with Crippen LogP contribution in [-0.4, -0.2) is 43.3 Å². The number of sulfone groups is 1. The number of aryl methyl sites for hydroxylation is 1. The minimum absolute atomic E-state index is 0.0408. The fraction of sp³-hybridized carbons (Fsp3) is 0.259. The summed E-state index contributed by atoms with van der Waals surface area (Å²) >= 11 is 14.1. The van der Waals surface area contributed by atoms with E-state index in [9.17, 15) is 18.0 Å². The lowest BCUT2D eigenvalue weighted by Gasteiger charge is -2.10. The fourth-order valence-corrected chi connectivity index (χ4v) is 6.98. The predicted molar refractivity (Wildman–Crippen MR) is 156 cm³/mol. The van der Waals surface area contributed by atoms with Crippen LogP contribution in [0.25, 0.3) is 11.6 Å². The molecule has 2 aromatic carbocycles. The Bertz CT molecular complexity index is 1540. The van der Waals surface area contributed by atoms with Crippen LogP contribution >= 0.6 is 35.0 Å². The Hall–Kier alpha value is -2.72.